The van der Waals surface area contributed by atoms with Crippen molar-refractivity contribution in [2.45, 2.75) is 6.92 Å². The molecule has 0 saturated carbocycles. The molecule has 0 bridgehead atoms. The maximum Gasteiger partial charge on any atom is 0.160 e. The van der Waals surface area contributed by atoms with E-state index in [1.807, 2.05) is 48.5 Å². The highest BCUT2D eigenvalue weighted by molar-refractivity contribution is 6.06. The molecule has 3 aromatic carbocycles. The predicted octanol–water partition coefficient (Wildman–Crippen LogP) is 4.43. The standard InChI is InChI=1S/C12H10O.C6H6O/c1-9(13)11-8-4-6-10-5-2-3-7-12(10)11;7-6-4-2-1-3-5-6/h2-8H,1H3;1-5,7H. The van der Waals surface area contributed by atoms with E-state index in [-0.39, 0.29) is 5.78 Å². The molecule has 20 heavy (non-hydrogen) atoms. The Balaban J connectivity index is 0.000000178. The second kappa shape index (κ2) is 6.53. The number of benzene rings is 3. The molecule has 0 amide bonds. The molecule has 0 radical (unpaired) electrons. The number of rotatable bonds is 1. The van der Waals surface area contributed by atoms with Gasteiger partial charge in [-0.3, -0.25) is 4.79 Å². The third-order valence-corrected chi connectivity index (χ3v) is 2.93. The van der Waals surface area contributed by atoms with Crippen LogP contribution in [0.15, 0.2) is 72.8 Å². The number of hydrogen-bond acceptors (Lipinski definition) is 2. The molecule has 0 aliphatic heterocycles. The first-order valence-electron chi connectivity index (χ1n) is 6.41. The summed E-state index contributed by atoms with van der Waals surface area (Å²) >= 11 is 0. The normalized spacial score (nSPS) is 9.65. The van der Waals surface area contributed by atoms with Gasteiger partial charge >= 0.3 is 0 Å². The number of phenols is 1. The lowest BCUT2D eigenvalue weighted by Crippen LogP contribution is -1.92. The SMILES string of the molecule is CC(=O)c1cccc2ccccc12.Oc1ccccc1. The molecule has 0 aliphatic rings. The fraction of sp³-hybridized carbons (Fsp3) is 0.0556. The van der Waals surface area contributed by atoms with Crippen molar-refractivity contribution in [2.75, 3.05) is 0 Å². The molecule has 0 aromatic heterocycles. The molecule has 0 aliphatic carbocycles. The zero-order valence-corrected chi connectivity index (χ0v) is 11.3. The van der Waals surface area contributed by atoms with Crippen molar-refractivity contribution in [2.24, 2.45) is 0 Å². The van der Waals surface area contributed by atoms with Crippen molar-refractivity contribution >= 4 is 16.6 Å². The van der Waals surface area contributed by atoms with Crippen LogP contribution in [-0.4, -0.2) is 10.9 Å². The van der Waals surface area contributed by atoms with Crippen LogP contribution in [0.25, 0.3) is 10.8 Å². The minimum Gasteiger partial charge on any atom is -0.508 e. The Hall–Kier alpha value is -2.61. The van der Waals surface area contributed by atoms with E-state index in [4.69, 9.17) is 5.11 Å². The summed E-state index contributed by atoms with van der Waals surface area (Å²) in [5.74, 6) is 0.444. The van der Waals surface area contributed by atoms with Gasteiger partial charge in [-0.2, -0.15) is 0 Å². The Morgan fingerprint density at radius 1 is 0.800 bits per heavy atom. The quantitative estimate of drug-likeness (QED) is 0.660. The van der Waals surface area contributed by atoms with Gasteiger partial charge in [-0.05, 0) is 29.8 Å². The summed E-state index contributed by atoms with van der Waals surface area (Å²) in [5, 5.41) is 10.8. The van der Waals surface area contributed by atoms with Crippen LogP contribution >= 0.6 is 0 Å². The van der Waals surface area contributed by atoms with E-state index in [2.05, 4.69) is 0 Å². The fourth-order valence-electron chi connectivity index (χ4n) is 1.96. The van der Waals surface area contributed by atoms with E-state index in [1.165, 1.54) is 0 Å². The lowest BCUT2D eigenvalue weighted by molar-refractivity contribution is 0.101. The van der Waals surface area contributed by atoms with E-state index < -0.39 is 0 Å². The van der Waals surface area contributed by atoms with E-state index >= 15 is 0 Å². The highest BCUT2D eigenvalue weighted by atomic mass is 16.3. The topological polar surface area (TPSA) is 37.3 Å². The highest BCUT2D eigenvalue weighted by Gasteiger charge is 2.02. The Labute approximate surface area is 118 Å². The van der Waals surface area contributed by atoms with Crippen LogP contribution in [0.5, 0.6) is 5.75 Å². The van der Waals surface area contributed by atoms with Crippen LogP contribution in [-0.2, 0) is 0 Å². The number of aromatic hydroxyl groups is 1. The Kier molecular flexibility index (Phi) is 4.51. The minimum absolute atomic E-state index is 0.122. The summed E-state index contributed by atoms with van der Waals surface area (Å²) in [7, 11) is 0. The van der Waals surface area contributed by atoms with Crippen molar-refractivity contribution in [1.29, 1.82) is 0 Å². The zero-order valence-electron chi connectivity index (χ0n) is 11.3. The molecule has 0 atom stereocenters. The summed E-state index contributed by atoms with van der Waals surface area (Å²) in [6.07, 6.45) is 0. The summed E-state index contributed by atoms with van der Waals surface area (Å²) in [6, 6.07) is 22.4. The summed E-state index contributed by atoms with van der Waals surface area (Å²) in [5.41, 5.74) is 0.804. The molecule has 0 fully saturated rings. The molecule has 3 aromatic rings. The average Bonchev–Trinajstić information content (AvgIpc) is 2.48. The first-order valence-corrected chi connectivity index (χ1v) is 6.41. The number of carbonyl (C=O) groups excluding carboxylic acids is 1. The highest BCUT2D eigenvalue weighted by Crippen LogP contribution is 2.18. The van der Waals surface area contributed by atoms with Crippen molar-refractivity contribution in [3.8, 4) is 5.75 Å². The van der Waals surface area contributed by atoms with Crippen LogP contribution in [0, 0.1) is 0 Å². The average molecular weight is 264 g/mol. The lowest BCUT2D eigenvalue weighted by atomic mass is 10.0. The molecule has 0 unspecified atom stereocenters. The Morgan fingerprint density at radius 3 is 2.00 bits per heavy atom. The fourth-order valence-corrected chi connectivity index (χ4v) is 1.96. The van der Waals surface area contributed by atoms with Gasteiger partial charge in [0.2, 0.25) is 0 Å². The van der Waals surface area contributed by atoms with Crippen LogP contribution in [0.4, 0.5) is 0 Å². The molecule has 3 rings (SSSR count). The molecule has 2 heteroatoms. The number of ketones is 1. The lowest BCUT2D eigenvalue weighted by Gasteiger charge is -2.01. The van der Waals surface area contributed by atoms with E-state index in [1.54, 1.807) is 31.2 Å². The van der Waals surface area contributed by atoms with Gasteiger partial charge in [0.25, 0.3) is 0 Å². The molecule has 0 saturated heterocycles. The maximum atomic E-state index is 11.3. The van der Waals surface area contributed by atoms with Gasteiger partial charge < -0.3 is 5.11 Å². The van der Waals surface area contributed by atoms with Gasteiger partial charge in [-0.25, -0.2) is 0 Å². The molecule has 2 nitrogen and oxygen atoms in total. The van der Waals surface area contributed by atoms with Crippen molar-refractivity contribution < 1.29 is 9.90 Å². The summed E-state index contributed by atoms with van der Waals surface area (Å²) < 4.78 is 0. The maximum absolute atomic E-state index is 11.3. The molecule has 1 N–H and O–H groups in total. The monoisotopic (exact) mass is 264 g/mol. The van der Waals surface area contributed by atoms with Gasteiger partial charge in [0.15, 0.2) is 5.78 Å². The number of fused-ring (bicyclic) bond motifs is 1. The third kappa shape index (κ3) is 3.45. The van der Waals surface area contributed by atoms with E-state index in [9.17, 15) is 4.79 Å². The van der Waals surface area contributed by atoms with Crippen molar-refractivity contribution in [3.63, 3.8) is 0 Å². The van der Waals surface area contributed by atoms with Gasteiger partial charge in [0, 0.05) is 5.56 Å². The first-order chi connectivity index (χ1) is 9.68. The Morgan fingerprint density at radius 2 is 1.40 bits per heavy atom. The van der Waals surface area contributed by atoms with Gasteiger partial charge in [0.05, 0.1) is 0 Å². The summed E-state index contributed by atoms with van der Waals surface area (Å²) in [6.45, 7) is 1.60. The van der Waals surface area contributed by atoms with E-state index in [0.29, 0.717) is 5.75 Å². The molecule has 100 valence electrons. The molecule has 0 heterocycles. The predicted molar refractivity (Wildman–Crippen MR) is 82.1 cm³/mol. The zero-order chi connectivity index (χ0) is 14.4. The largest absolute Gasteiger partial charge is 0.508 e. The smallest absolute Gasteiger partial charge is 0.160 e. The van der Waals surface area contributed by atoms with Gasteiger partial charge in [-0.1, -0.05) is 60.7 Å². The van der Waals surface area contributed by atoms with E-state index in [0.717, 1.165) is 16.3 Å². The second-order valence-corrected chi connectivity index (χ2v) is 4.42. The number of phenolic OH excluding ortho intramolecular Hbond substituents is 1. The second-order valence-electron chi connectivity index (χ2n) is 4.42. The number of carbonyl (C=O) groups is 1. The van der Waals surface area contributed by atoms with Crippen LogP contribution in [0.3, 0.4) is 0 Å². The number of para-hydroxylation sites is 1. The molecular weight excluding hydrogens is 248 g/mol. The number of Topliss-reactive ketones (excluding diaryl/α,β-unsaturated/α-hetero) is 1. The van der Waals surface area contributed by atoms with Crippen molar-refractivity contribution in [1.82, 2.24) is 0 Å². The van der Waals surface area contributed by atoms with Gasteiger partial charge in [-0.15, -0.1) is 0 Å². The third-order valence-electron chi connectivity index (χ3n) is 2.93. The minimum atomic E-state index is 0.122. The van der Waals surface area contributed by atoms with Crippen LogP contribution in [0.2, 0.25) is 0 Å². The molecular formula is C18H16O2. The van der Waals surface area contributed by atoms with Crippen molar-refractivity contribution in [3.05, 3.63) is 78.4 Å². The number of hydrogen-bond donors (Lipinski definition) is 1. The summed E-state index contributed by atoms with van der Waals surface area (Å²) in [4.78, 5) is 11.3. The first kappa shape index (κ1) is 13.8. The Bertz CT molecular complexity index is 697. The van der Waals surface area contributed by atoms with Crippen LogP contribution < -0.4 is 0 Å². The molecule has 0 spiro atoms. The van der Waals surface area contributed by atoms with Crippen LogP contribution in [0.1, 0.15) is 17.3 Å². The van der Waals surface area contributed by atoms with Gasteiger partial charge in [0.1, 0.15) is 5.75 Å².